The molecule has 28 heavy (non-hydrogen) atoms. The van der Waals surface area contributed by atoms with Gasteiger partial charge in [-0.2, -0.15) is 0 Å². The smallest absolute Gasteiger partial charge is 0.276 e. The molecule has 7 heteroatoms. The number of pyridine rings is 1. The van der Waals surface area contributed by atoms with Gasteiger partial charge < -0.3 is 4.90 Å². The number of halogens is 1. The van der Waals surface area contributed by atoms with Gasteiger partial charge >= 0.3 is 0 Å². The number of nitro groups is 1. The highest BCUT2D eigenvalue weighted by atomic mass is 35.5. The third-order valence-corrected chi connectivity index (χ3v) is 4.24. The van der Waals surface area contributed by atoms with Crippen LogP contribution in [0.15, 0.2) is 79.0 Å². The Morgan fingerprint density at radius 3 is 2.46 bits per heavy atom. The SMILES string of the molecule is O=C(/C=C/c1ccccc1[N+](=O)[O-])N(Cc1ccccn1)c1ccc(Cl)cc1. The Labute approximate surface area is 166 Å². The Balaban J connectivity index is 1.90. The summed E-state index contributed by atoms with van der Waals surface area (Å²) in [6.45, 7) is 0.253. The molecule has 0 atom stereocenters. The summed E-state index contributed by atoms with van der Waals surface area (Å²) in [4.78, 5) is 29.4. The van der Waals surface area contributed by atoms with E-state index in [1.165, 1.54) is 23.1 Å². The number of para-hydroxylation sites is 1. The lowest BCUT2D eigenvalue weighted by Gasteiger charge is -2.21. The van der Waals surface area contributed by atoms with Gasteiger partial charge in [-0.25, -0.2) is 0 Å². The molecule has 6 nitrogen and oxygen atoms in total. The van der Waals surface area contributed by atoms with Gasteiger partial charge in [-0.05, 0) is 48.5 Å². The topological polar surface area (TPSA) is 76.3 Å². The van der Waals surface area contributed by atoms with Gasteiger partial charge in [0.15, 0.2) is 0 Å². The lowest BCUT2D eigenvalue weighted by Crippen LogP contribution is -2.29. The molecule has 3 rings (SSSR count). The number of hydrogen-bond acceptors (Lipinski definition) is 4. The van der Waals surface area contributed by atoms with Crippen molar-refractivity contribution in [2.24, 2.45) is 0 Å². The summed E-state index contributed by atoms with van der Waals surface area (Å²) in [5, 5.41) is 11.7. The Morgan fingerprint density at radius 1 is 1.07 bits per heavy atom. The minimum Gasteiger partial charge on any atom is -0.303 e. The minimum absolute atomic E-state index is 0.0608. The summed E-state index contributed by atoms with van der Waals surface area (Å²) < 4.78 is 0. The van der Waals surface area contributed by atoms with E-state index in [4.69, 9.17) is 11.6 Å². The molecule has 0 saturated carbocycles. The number of carbonyl (C=O) groups is 1. The molecule has 0 saturated heterocycles. The van der Waals surface area contributed by atoms with E-state index in [9.17, 15) is 14.9 Å². The maximum absolute atomic E-state index is 12.9. The zero-order valence-electron chi connectivity index (χ0n) is 14.7. The molecule has 0 unspecified atom stereocenters. The first kappa shape index (κ1) is 19.3. The Morgan fingerprint density at radius 2 is 1.79 bits per heavy atom. The number of aromatic nitrogens is 1. The van der Waals surface area contributed by atoms with Crippen LogP contribution < -0.4 is 4.90 Å². The Bertz CT molecular complexity index is 1000. The molecule has 0 N–H and O–H groups in total. The number of carbonyl (C=O) groups excluding carboxylic acids is 1. The Kier molecular flexibility index (Phi) is 6.14. The van der Waals surface area contributed by atoms with Crippen molar-refractivity contribution in [1.82, 2.24) is 4.98 Å². The molecule has 0 bridgehead atoms. The monoisotopic (exact) mass is 393 g/mol. The van der Waals surface area contributed by atoms with Gasteiger partial charge in [0.2, 0.25) is 0 Å². The fraction of sp³-hybridized carbons (Fsp3) is 0.0476. The number of amides is 1. The second-order valence-electron chi connectivity index (χ2n) is 5.87. The maximum atomic E-state index is 12.9. The number of anilines is 1. The van der Waals surface area contributed by atoms with Crippen LogP contribution in [-0.2, 0) is 11.3 Å². The van der Waals surface area contributed by atoms with E-state index < -0.39 is 4.92 Å². The number of benzene rings is 2. The van der Waals surface area contributed by atoms with Gasteiger partial charge in [-0.1, -0.05) is 29.8 Å². The fourth-order valence-corrected chi connectivity index (χ4v) is 2.74. The summed E-state index contributed by atoms with van der Waals surface area (Å²) >= 11 is 5.95. The van der Waals surface area contributed by atoms with Crippen molar-refractivity contribution in [2.75, 3.05) is 4.90 Å². The van der Waals surface area contributed by atoms with Crippen LogP contribution in [0.3, 0.4) is 0 Å². The van der Waals surface area contributed by atoms with Crippen LogP contribution in [0.25, 0.3) is 6.08 Å². The minimum atomic E-state index is -0.477. The number of rotatable bonds is 6. The molecular weight excluding hydrogens is 378 g/mol. The molecule has 0 aliphatic carbocycles. The van der Waals surface area contributed by atoms with Gasteiger partial charge in [0, 0.05) is 29.0 Å². The van der Waals surface area contributed by atoms with Crippen molar-refractivity contribution >= 4 is 35.0 Å². The van der Waals surface area contributed by atoms with Crippen molar-refractivity contribution in [2.45, 2.75) is 6.54 Å². The van der Waals surface area contributed by atoms with Gasteiger partial charge in [0.25, 0.3) is 11.6 Å². The van der Waals surface area contributed by atoms with Gasteiger partial charge in [-0.3, -0.25) is 19.9 Å². The van der Waals surface area contributed by atoms with Crippen LogP contribution in [0.2, 0.25) is 5.02 Å². The molecule has 2 aromatic carbocycles. The lowest BCUT2D eigenvalue weighted by molar-refractivity contribution is -0.385. The molecule has 3 aromatic rings. The zero-order valence-corrected chi connectivity index (χ0v) is 15.5. The van der Waals surface area contributed by atoms with E-state index in [2.05, 4.69) is 4.98 Å². The van der Waals surface area contributed by atoms with Crippen LogP contribution in [0.4, 0.5) is 11.4 Å². The first-order valence-corrected chi connectivity index (χ1v) is 8.81. The highest BCUT2D eigenvalue weighted by molar-refractivity contribution is 6.30. The Hall–Kier alpha value is -3.51. The van der Waals surface area contributed by atoms with E-state index in [0.717, 1.165) is 0 Å². The van der Waals surface area contributed by atoms with Crippen LogP contribution in [-0.4, -0.2) is 15.8 Å². The first-order chi connectivity index (χ1) is 13.5. The molecule has 0 fully saturated rings. The molecule has 0 spiro atoms. The summed E-state index contributed by atoms with van der Waals surface area (Å²) in [6.07, 6.45) is 4.42. The normalized spacial score (nSPS) is 10.8. The highest BCUT2D eigenvalue weighted by Crippen LogP contribution is 2.22. The van der Waals surface area contributed by atoms with E-state index in [1.807, 2.05) is 12.1 Å². The maximum Gasteiger partial charge on any atom is 0.276 e. The molecule has 0 aliphatic rings. The standard InChI is InChI=1S/C21H16ClN3O3/c22-17-9-11-19(12-10-17)24(15-18-6-3-4-14-23-18)21(26)13-8-16-5-1-2-7-20(16)25(27)28/h1-14H,15H2/b13-8+. The number of hydrogen-bond donors (Lipinski definition) is 0. The van der Waals surface area contributed by atoms with E-state index in [1.54, 1.807) is 54.7 Å². The van der Waals surface area contributed by atoms with Crippen molar-refractivity contribution < 1.29 is 9.72 Å². The van der Waals surface area contributed by atoms with Crippen molar-refractivity contribution in [3.8, 4) is 0 Å². The predicted octanol–water partition coefficient (Wildman–Crippen LogP) is 4.89. The predicted molar refractivity (Wildman–Crippen MR) is 109 cm³/mol. The van der Waals surface area contributed by atoms with Crippen molar-refractivity contribution in [3.05, 3.63) is 105 Å². The van der Waals surface area contributed by atoms with Gasteiger partial charge in [0.05, 0.1) is 22.7 Å². The summed E-state index contributed by atoms with van der Waals surface area (Å²) in [7, 11) is 0. The second kappa shape index (κ2) is 8.92. The van der Waals surface area contributed by atoms with Gasteiger partial charge in [-0.15, -0.1) is 0 Å². The molecule has 140 valence electrons. The number of nitro benzene ring substituents is 1. The van der Waals surface area contributed by atoms with Crippen LogP contribution in [0.5, 0.6) is 0 Å². The second-order valence-corrected chi connectivity index (χ2v) is 6.31. The molecule has 0 aliphatic heterocycles. The summed E-state index contributed by atoms with van der Waals surface area (Å²) in [6, 6.07) is 18.6. The third kappa shape index (κ3) is 4.81. The fourth-order valence-electron chi connectivity index (χ4n) is 2.62. The largest absolute Gasteiger partial charge is 0.303 e. The van der Waals surface area contributed by atoms with E-state index in [-0.39, 0.29) is 18.1 Å². The summed E-state index contributed by atoms with van der Waals surface area (Å²) in [5.41, 5.74) is 1.65. The highest BCUT2D eigenvalue weighted by Gasteiger charge is 2.16. The van der Waals surface area contributed by atoms with Crippen LogP contribution >= 0.6 is 11.6 Å². The van der Waals surface area contributed by atoms with Crippen LogP contribution in [0.1, 0.15) is 11.3 Å². The zero-order chi connectivity index (χ0) is 19.9. The average Bonchev–Trinajstić information content (AvgIpc) is 2.72. The number of nitrogens with zero attached hydrogens (tertiary/aromatic N) is 3. The molecule has 1 heterocycles. The quantitative estimate of drug-likeness (QED) is 0.339. The van der Waals surface area contributed by atoms with E-state index in [0.29, 0.717) is 22.0 Å². The molecule has 0 radical (unpaired) electrons. The first-order valence-electron chi connectivity index (χ1n) is 8.43. The third-order valence-electron chi connectivity index (χ3n) is 3.99. The van der Waals surface area contributed by atoms with E-state index >= 15 is 0 Å². The average molecular weight is 394 g/mol. The summed E-state index contributed by atoms with van der Waals surface area (Å²) in [5.74, 6) is -0.328. The van der Waals surface area contributed by atoms with Crippen LogP contribution in [0, 0.1) is 10.1 Å². The van der Waals surface area contributed by atoms with Crippen molar-refractivity contribution in [3.63, 3.8) is 0 Å². The van der Waals surface area contributed by atoms with Crippen molar-refractivity contribution in [1.29, 1.82) is 0 Å². The lowest BCUT2D eigenvalue weighted by atomic mass is 10.1. The molecule has 1 amide bonds. The van der Waals surface area contributed by atoms with Gasteiger partial charge in [0.1, 0.15) is 0 Å². The molecule has 1 aromatic heterocycles. The molecular formula is C21H16ClN3O3.